The Balaban J connectivity index is 1.03. The summed E-state index contributed by atoms with van der Waals surface area (Å²) in [6.45, 7) is 0. The molecule has 1 aliphatic carbocycles. The second-order valence-electron chi connectivity index (χ2n) is 14.8. The van der Waals surface area contributed by atoms with E-state index in [4.69, 9.17) is 9.97 Å². The van der Waals surface area contributed by atoms with Gasteiger partial charge in [-0.3, -0.25) is 0 Å². The number of nitrogens with zero attached hydrogens (tertiary/aromatic N) is 3. The van der Waals surface area contributed by atoms with E-state index >= 15 is 0 Å². The lowest BCUT2D eigenvalue weighted by atomic mass is 9.67. The highest BCUT2D eigenvalue weighted by Crippen LogP contribution is 2.63. The summed E-state index contributed by atoms with van der Waals surface area (Å²) in [7, 11) is 0. The van der Waals surface area contributed by atoms with Crippen LogP contribution in [0.15, 0.2) is 210 Å². The van der Waals surface area contributed by atoms with Gasteiger partial charge in [-0.2, -0.15) is 5.26 Å². The molecule has 0 saturated carbocycles. The van der Waals surface area contributed by atoms with Crippen LogP contribution in [-0.2, 0) is 5.41 Å². The number of aromatic nitrogens is 2. The first-order valence-corrected chi connectivity index (χ1v) is 20.3. The van der Waals surface area contributed by atoms with Gasteiger partial charge in [-0.15, -0.1) is 0 Å². The summed E-state index contributed by atoms with van der Waals surface area (Å²) in [5, 5.41) is 10.5. The molecule has 0 N–H and O–H groups in total. The smallest absolute Gasteiger partial charge is 0.160 e. The zero-order valence-corrected chi connectivity index (χ0v) is 32.1. The maximum absolute atomic E-state index is 10.5. The molecule has 0 radical (unpaired) electrons. The average molecular weight is 756 g/mol. The van der Waals surface area contributed by atoms with Crippen LogP contribution in [0.25, 0.3) is 67.3 Å². The molecule has 2 heterocycles. The summed E-state index contributed by atoms with van der Waals surface area (Å²) in [5.74, 6) is 0.697. The van der Waals surface area contributed by atoms with E-state index in [-0.39, 0.29) is 0 Å². The van der Waals surface area contributed by atoms with Crippen molar-refractivity contribution in [1.29, 1.82) is 5.26 Å². The van der Waals surface area contributed by atoms with E-state index in [9.17, 15) is 5.26 Å². The minimum atomic E-state index is -0.529. The minimum absolute atomic E-state index is 0.529. The third kappa shape index (κ3) is 5.36. The Morgan fingerprint density at radius 2 is 0.897 bits per heavy atom. The first kappa shape index (κ1) is 34.0. The minimum Gasteiger partial charge on any atom is -0.228 e. The molecule has 1 spiro atoms. The molecule has 58 heavy (non-hydrogen) atoms. The van der Waals surface area contributed by atoms with Crippen LogP contribution in [0.2, 0.25) is 0 Å². The van der Waals surface area contributed by atoms with Gasteiger partial charge in [0.25, 0.3) is 0 Å². The molecule has 2 aliphatic rings. The van der Waals surface area contributed by atoms with Crippen LogP contribution >= 0.6 is 11.8 Å². The van der Waals surface area contributed by atoms with Crippen LogP contribution in [0.3, 0.4) is 0 Å². The molecule has 1 aromatic heterocycles. The Hall–Kier alpha value is -7.32. The number of nitriles is 1. The molecule has 11 rings (SSSR count). The van der Waals surface area contributed by atoms with Crippen LogP contribution < -0.4 is 0 Å². The molecule has 0 bridgehead atoms. The fraction of sp³-hybridized carbons (Fsp3) is 0.0185. The molecule has 270 valence electrons. The van der Waals surface area contributed by atoms with Crippen molar-refractivity contribution in [2.75, 3.05) is 0 Å². The number of benzene rings is 8. The molecule has 1 aliphatic heterocycles. The van der Waals surface area contributed by atoms with E-state index in [1.165, 1.54) is 32.0 Å². The van der Waals surface area contributed by atoms with Crippen molar-refractivity contribution in [3.8, 4) is 73.4 Å². The highest BCUT2D eigenvalue weighted by molar-refractivity contribution is 7.99. The largest absolute Gasteiger partial charge is 0.228 e. The van der Waals surface area contributed by atoms with Gasteiger partial charge >= 0.3 is 0 Å². The Bertz CT molecular complexity index is 3010. The molecule has 8 aromatic carbocycles. The van der Waals surface area contributed by atoms with E-state index in [0.29, 0.717) is 11.4 Å². The summed E-state index contributed by atoms with van der Waals surface area (Å²) in [6.07, 6.45) is 0. The quantitative estimate of drug-likeness (QED) is 0.175. The van der Waals surface area contributed by atoms with Gasteiger partial charge in [0.2, 0.25) is 0 Å². The topological polar surface area (TPSA) is 49.6 Å². The molecule has 3 nitrogen and oxygen atoms in total. The SMILES string of the molecule is N#Cc1cccc2c1-c1cc(-c3cccc(-c4cccc(-c5cc(-c6ccccc6)nc(-c6ccccc6)n5)c4)c3)ccc1C21c2ccccc2Sc2ccccc21. The van der Waals surface area contributed by atoms with Crippen molar-refractivity contribution >= 4 is 11.8 Å². The van der Waals surface area contributed by atoms with Gasteiger partial charge in [-0.25, -0.2) is 9.97 Å². The summed E-state index contributed by atoms with van der Waals surface area (Å²) in [4.78, 5) is 12.6. The first-order chi connectivity index (χ1) is 28.7. The molecule has 9 aromatic rings. The highest BCUT2D eigenvalue weighted by Gasteiger charge is 2.50. The molecule has 4 heteroatoms. The lowest BCUT2D eigenvalue weighted by molar-refractivity contribution is 0.722. The molecule has 0 fully saturated rings. The lowest BCUT2D eigenvalue weighted by Crippen LogP contribution is -2.31. The molecule has 0 saturated heterocycles. The van der Waals surface area contributed by atoms with Crippen LogP contribution in [-0.4, -0.2) is 9.97 Å². The fourth-order valence-electron chi connectivity index (χ4n) is 9.03. The van der Waals surface area contributed by atoms with E-state index in [2.05, 4.69) is 158 Å². The maximum Gasteiger partial charge on any atom is 0.160 e. The Morgan fingerprint density at radius 3 is 1.55 bits per heavy atom. The van der Waals surface area contributed by atoms with E-state index < -0.39 is 5.41 Å². The first-order valence-electron chi connectivity index (χ1n) is 19.5. The predicted octanol–water partition coefficient (Wildman–Crippen LogP) is 13.5. The van der Waals surface area contributed by atoms with Gasteiger partial charge in [0.05, 0.1) is 28.4 Å². The van der Waals surface area contributed by atoms with Crippen molar-refractivity contribution < 1.29 is 0 Å². The number of rotatable bonds is 5. The average Bonchev–Trinajstić information content (AvgIpc) is 3.59. The summed E-state index contributed by atoms with van der Waals surface area (Å²) >= 11 is 1.83. The number of fused-ring (bicyclic) bond motifs is 9. The van der Waals surface area contributed by atoms with E-state index in [1.54, 1.807) is 0 Å². The molecule has 0 unspecified atom stereocenters. The second kappa shape index (κ2) is 13.7. The predicted molar refractivity (Wildman–Crippen MR) is 235 cm³/mol. The maximum atomic E-state index is 10.5. The Morgan fingerprint density at radius 1 is 0.397 bits per heavy atom. The highest BCUT2D eigenvalue weighted by atomic mass is 32.2. The van der Waals surface area contributed by atoms with Crippen LogP contribution in [0, 0.1) is 11.3 Å². The van der Waals surface area contributed by atoms with Crippen molar-refractivity contribution in [3.05, 3.63) is 228 Å². The second-order valence-corrected chi connectivity index (χ2v) is 15.9. The van der Waals surface area contributed by atoms with Crippen LogP contribution in [0.1, 0.15) is 27.8 Å². The van der Waals surface area contributed by atoms with E-state index in [1.807, 2.05) is 60.3 Å². The van der Waals surface area contributed by atoms with E-state index in [0.717, 1.165) is 61.5 Å². The Kier molecular flexibility index (Phi) is 8.03. The number of hydrogen-bond donors (Lipinski definition) is 0. The zero-order chi connectivity index (χ0) is 38.6. The normalized spacial score (nSPS) is 12.9. The van der Waals surface area contributed by atoms with Gasteiger partial charge in [0, 0.05) is 32.0 Å². The molecule has 0 atom stereocenters. The monoisotopic (exact) mass is 755 g/mol. The standard InChI is InChI=1S/C54H33N3S/c55-34-42-22-13-25-47-52(42)43-32-40(28-29-44(43)54(47)45-23-7-9-26-50(45)58-51-27-10-8-24-46(51)54)38-19-11-18-37(30-38)39-20-12-21-41(31-39)49-33-48(35-14-3-1-4-15-35)56-53(57-49)36-16-5-2-6-17-36/h1-33H. The van der Waals surface area contributed by atoms with Gasteiger partial charge < -0.3 is 0 Å². The molecular formula is C54H33N3S. The van der Waals surface area contributed by atoms with Gasteiger partial charge in [-0.1, -0.05) is 169 Å². The molecule has 0 amide bonds. The van der Waals surface area contributed by atoms with Crippen molar-refractivity contribution in [1.82, 2.24) is 9.97 Å². The van der Waals surface area contributed by atoms with Crippen molar-refractivity contribution in [2.24, 2.45) is 0 Å². The van der Waals surface area contributed by atoms with Gasteiger partial charge in [0.15, 0.2) is 5.82 Å². The zero-order valence-electron chi connectivity index (χ0n) is 31.3. The Labute approximate surface area is 342 Å². The molecular weight excluding hydrogens is 723 g/mol. The summed E-state index contributed by atoms with van der Waals surface area (Å²) in [5.41, 5.74) is 16.5. The third-order valence-corrected chi connectivity index (χ3v) is 12.8. The number of hydrogen-bond acceptors (Lipinski definition) is 4. The lowest BCUT2D eigenvalue weighted by Gasteiger charge is -2.39. The fourth-order valence-corrected chi connectivity index (χ4v) is 10.2. The summed E-state index contributed by atoms with van der Waals surface area (Å²) < 4.78 is 0. The summed E-state index contributed by atoms with van der Waals surface area (Å²) in [6, 6.07) is 73.1. The van der Waals surface area contributed by atoms with Gasteiger partial charge in [0.1, 0.15) is 0 Å². The van der Waals surface area contributed by atoms with Crippen LogP contribution in [0.5, 0.6) is 0 Å². The van der Waals surface area contributed by atoms with Gasteiger partial charge in [-0.05, 0) is 92.5 Å². The van der Waals surface area contributed by atoms with Crippen molar-refractivity contribution in [2.45, 2.75) is 15.2 Å². The van der Waals surface area contributed by atoms with Crippen LogP contribution in [0.4, 0.5) is 0 Å². The third-order valence-electron chi connectivity index (χ3n) is 11.6. The van der Waals surface area contributed by atoms with Crippen molar-refractivity contribution in [3.63, 3.8) is 0 Å².